The molecule has 3 heterocycles. The Balaban J connectivity index is 1.80. The van der Waals surface area contributed by atoms with Crippen molar-refractivity contribution in [3.8, 4) is 0 Å². The van der Waals surface area contributed by atoms with E-state index in [2.05, 4.69) is 27.0 Å². The molecule has 1 aromatic rings. The highest BCUT2D eigenvalue weighted by atomic mass is 32.2. The van der Waals surface area contributed by atoms with Crippen LogP contribution in [0.2, 0.25) is 0 Å². The van der Waals surface area contributed by atoms with Gasteiger partial charge in [0.1, 0.15) is 6.04 Å². The SMILES string of the molecule is C=CCN(CCC)C(=O)[C@@H]1[C@@H]2CCC3(S2)C(C(=O)N(CC=C)C(C)CCC)N([C@@H](CO)Cc2ccccc2)C(=O)[C@H]13. The lowest BCUT2D eigenvalue weighted by Crippen LogP contribution is -2.59. The van der Waals surface area contributed by atoms with Crippen molar-refractivity contribution in [3.63, 3.8) is 0 Å². The first kappa shape index (κ1) is 31.4. The van der Waals surface area contributed by atoms with Crippen LogP contribution in [0.1, 0.15) is 58.4 Å². The first-order valence-corrected chi connectivity index (χ1v) is 16.1. The molecule has 1 spiro atoms. The van der Waals surface area contributed by atoms with Crippen LogP contribution in [-0.4, -0.2) is 91.9 Å². The molecule has 3 amide bonds. The average molecular weight is 582 g/mol. The predicted molar refractivity (Wildman–Crippen MR) is 165 cm³/mol. The molecule has 3 aliphatic rings. The van der Waals surface area contributed by atoms with E-state index in [1.165, 1.54) is 0 Å². The van der Waals surface area contributed by atoms with Gasteiger partial charge in [0.15, 0.2) is 0 Å². The molecule has 3 saturated heterocycles. The summed E-state index contributed by atoms with van der Waals surface area (Å²) in [4.78, 5) is 48.8. The summed E-state index contributed by atoms with van der Waals surface area (Å²) in [6.45, 7) is 15.1. The Kier molecular flexibility index (Phi) is 10.4. The van der Waals surface area contributed by atoms with Crippen LogP contribution in [0.5, 0.6) is 0 Å². The van der Waals surface area contributed by atoms with Gasteiger partial charge >= 0.3 is 0 Å². The van der Waals surface area contributed by atoms with E-state index >= 15 is 0 Å². The topological polar surface area (TPSA) is 81.2 Å². The molecule has 0 saturated carbocycles. The number of thioether (sulfide) groups is 1. The second-order valence-electron chi connectivity index (χ2n) is 11.8. The number of hydrogen-bond acceptors (Lipinski definition) is 5. The molecule has 8 heteroatoms. The Hall–Kier alpha value is -2.58. The molecule has 3 unspecified atom stereocenters. The standard InChI is InChI=1S/C33H47N3O4S/c1-6-13-23(5)35(20-9-4)32(40)29-33-17-16-26(41-33)27(30(38)34(18-7-2)19-8-3)28(33)31(39)36(29)25(22-37)21-24-14-11-10-12-15-24/h7,9-12,14-15,23,25-29,37H,2,4,6,8,13,16-22H2,1,3,5H3/t23?,25-,26+,27-,28+,29?,33?/m1/s1. The average Bonchev–Trinajstić information content (AvgIpc) is 3.62. The second-order valence-corrected chi connectivity index (χ2v) is 13.4. The number of amides is 3. The fourth-order valence-electron chi connectivity index (χ4n) is 7.47. The van der Waals surface area contributed by atoms with Gasteiger partial charge in [-0.15, -0.1) is 24.9 Å². The van der Waals surface area contributed by atoms with Crippen LogP contribution in [0.4, 0.5) is 0 Å². The van der Waals surface area contributed by atoms with Gasteiger partial charge in [-0.05, 0) is 44.6 Å². The normalized spacial score (nSPS) is 27.8. The van der Waals surface area contributed by atoms with E-state index in [1.54, 1.807) is 28.8 Å². The zero-order valence-electron chi connectivity index (χ0n) is 24.9. The number of hydrogen-bond donors (Lipinski definition) is 1. The molecule has 0 aliphatic carbocycles. The Labute approximate surface area is 250 Å². The molecule has 0 aromatic heterocycles. The van der Waals surface area contributed by atoms with Gasteiger partial charge < -0.3 is 19.8 Å². The molecule has 1 aromatic carbocycles. The highest BCUT2D eigenvalue weighted by Gasteiger charge is 2.74. The van der Waals surface area contributed by atoms with Gasteiger partial charge in [0, 0.05) is 30.9 Å². The molecular weight excluding hydrogens is 534 g/mol. The fourth-order valence-corrected chi connectivity index (χ4v) is 9.66. The lowest BCUT2D eigenvalue weighted by Gasteiger charge is -2.41. The van der Waals surface area contributed by atoms with Crippen LogP contribution in [0, 0.1) is 11.8 Å². The van der Waals surface area contributed by atoms with Gasteiger partial charge in [-0.3, -0.25) is 14.4 Å². The Morgan fingerprint density at radius 1 is 1.15 bits per heavy atom. The molecule has 1 N–H and O–H groups in total. The molecule has 3 fully saturated rings. The van der Waals surface area contributed by atoms with Gasteiger partial charge in [-0.1, -0.05) is 62.8 Å². The number of carbonyl (C=O) groups excluding carboxylic acids is 3. The van der Waals surface area contributed by atoms with E-state index in [9.17, 15) is 19.5 Å². The smallest absolute Gasteiger partial charge is 0.247 e. The van der Waals surface area contributed by atoms with Crippen LogP contribution in [-0.2, 0) is 20.8 Å². The van der Waals surface area contributed by atoms with Gasteiger partial charge in [-0.2, -0.15) is 0 Å². The maximum Gasteiger partial charge on any atom is 0.247 e. The zero-order valence-corrected chi connectivity index (χ0v) is 25.7. The Morgan fingerprint density at radius 2 is 1.85 bits per heavy atom. The van der Waals surface area contributed by atoms with Crippen molar-refractivity contribution in [2.45, 2.75) is 87.4 Å². The zero-order chi connectivity index (χ0) is 29.7. The highest BCUT2D eigenvalue weighted by Crippen LogP contribution is 2.67. The molecule has 2 bridgehead atoms. The molecule has 7 atom stereocenters. The van der Waals surface area contributed by atoms with Crippen molar-refractivity contribution in [3.05, 3.63) is 61.2 Å². The number of aliphatic hydroxyl groups excluding tert-OH is 1. The minimum Gasteiger partial charge on any atom is -0.394 e. The second kappa shape index (κ2) is 13.6. The van der Waals surface area contributed by atoms with Crippen LogP contribution < -0.4 is 0 Å². The van der Waals surface area contributed by atoms with E-state index in [1.807, 2.05) is 47.1 Å². The summed E-state index contributed by atoms with van der Waals surface area (Å²) in [7, 11) is 0. The Bertz CT molecular complexity index is 1110. The summed E-state index contributed by atoms with van der Waals surface area (Å²) >= 11 is 1.69. The van der Waals surface area contributed by atoms with Crippen LogP contribution >= 0.6 is 11.8 Å². The predicted octanol–water partition coefficient (Wildman–Crippen LogP) is 4.31. The van der Waals surface area contributed by atoms with E-state index in [0.29, 0.717) is 32.5 Å². The van der Waals surface area contributed by atoms with Gasteiger partial charge in [-0.25, -0.2) is 0 Å². The quantitative estimate of drug-likeness (QED) is 0.312. The molecule has 224 valence electrons. The summed E-state index contributed by atoms with van der Waals surface area (Å²) in [5.74, 6) is -1.34. The van der Waals surface area contributed by atoms with Gasteiger partial charge in [0.2, 0.25) is 17.7 Å². The van der Waals surface area contributed by atoms with Crippen molar-refractivity contribution in [1.82, 2.24) is 14.7 Å². The minimum absolute atomic E-state index is 0.000640. The lowest BCUT2D eigenvalue weighted by atomic mass is 9.70. The summed E-state index contributed by atoms with van der Waals surface area (Å²) in [6, 6.07) is 8.46. The molecule has 4 rings (SSSR count). The molecular formula is C33H47N3O4S. The van der Waals surface area contributed by atoms with Crippen molar-refractivity contribution in [2.75, 3.05) is 26.2 Å². The van der Waals surface area contributed by atoms with Gasteiger partial charge in [0.25, 0.3) is 0 Å². The Morgan fingerprint density at radius 3 is 2.46 bits per heavy atom. The van der Waals surface area contributed by atoms with E-state index in [4.69, 9.17) is 0 Å². The van der Waals surface area contributed by atoms with Gasteiger partial charge in [0.05, 0.1) is 29.2 Å². The number of nitrogens with zero attached hydrogens (tertiary/aromatic N) is 3. The van der Waals surface area contributed by atoms with Crippen molar-refractivity contribution < 1.29 is 19.5 Å². The number of carbonyl (C=O) groups is 3. The van der Waals surface area contributed by atoms with Crippen LogP contribution in [0.15, 0.2) is 55.6 Å². The molecule has 7 nitrogen and oxygen atoms in total. The van der Waals surface area contributed by atoms with E-state index in [0.717, 1.165) is 31.2 Å². The lowest BCUT2D eigenvalue weighted by molar-refractivity contribution is -0.147. The largest absolute Gasteiger partial charge is 0.394 e. The van der Waals surface area contributed by atoms with E-state index < -0.39 is 28.7 Å². The number of aliphatic hydroxyl groups is 1. The fraction of sp³-hybridized carbons (Fsp3) is 0.606. The number of rotatable bonds is 15. The maximum absolute atomic E-state index is 14.7. The summed E-state index contributed by atoms with van der Waals surface area (Å²) < 4.78 is -0.694. The third-order valence-electron chi connectivity index (χ3n) is 9.18. The minimum atomic E-state index is -0.744. The van der Waals surface area contributed by atoms with Crippen molar-refractivity contribution in [2.24, 2.45) is 11.8 Å². The number of fused-ring (bicyclic) bond motifs is 1. The first-order valence-electron chi connectivity index (χ1n) is 15.2. The van der Waals surface area contributed by atoms with Crippen molar-refractivity contribution >= 4 is 29.5 Å². The first-order chi connectivity index (χ1) is 19.8. The van der Waals surface area contributed by atoms with Crippen LogP contribution in [0.3, 0.4) is 0 Å². The molecule has 0 radical (unpaired) electrons. The highest BCUT2D eigenvalue weighted by molar-refractivity contribution is 8.02. The van der Waals surface area contributed by atoms with Crippen LogP contribution in [0.25, 0.3) is 0 Å². The number of benzene rings is 1. The maximum atomic E-state index is 14.7. The molecule has 41 heavy (non-hydrogen) atoms. The monoisotopic (exact) mass is 581 g/mol. The third-order valence-corrected chi connectivity index (χ3v) is 11.1. The summed E-state index contributed by atoms with van der Waals surface area (Å²) in [5.41, 5.74) is 0.993. The third kappa shape index (κ3) is 5.74. The van der Waals surface area contributed by atoms with E-state index in [-0.39, 0.29) is 35.6 Å². The van der Waals surface area contributed by atoms with Crippen molar-refractivity contribution in [1.29, 1.82) is 0 Å². The summed E-state index contributed by atoms with van der Waals surface area (Å²) in [6.07, 6.45) is 8.02. The molecule has 3 aliphatic heterocycles. The summed E-state index contributed by atoms with van der Waals surface area (Å²) in [5, 5.41) is 10.7. The number of likely N-dealkylation sites (tertiary alicyclic amines) is 1.